The molecule has 26 heavy (non-hydrogen) atoms. The van der Waals surface area contributed by atoms with Crippen molar-refractivity contribution in [2.45, 2.75) is 0 Å². The highest BCUT2D eigenvalue weighted by Crippen LogP contribution is 2.28. The van der Waals surface area contributed by atoms with Crippen LogP contribution in [0.15, 0.2) is 64.7 Å². The van der Waals surface area contributed by atoms with Crippen LogP contribution in [0.3, 0.4) is 0 Å². The van der Waals surface area contributed by atoms with E-state index in [0.717, 1.165) is 6.07 Å². The standard InChI is InChI=1S/C18H10Cl3FN2O2/c19-13-2-1-3-14(20)18(13)24-9-10(4-7-16(24)25)17(23-26)12-6-5-11(22)8-15(12)21/h1-9,26H. The number of oxime groups is 1. The minimum atomic E-state index is -0.524. The Morgan fingerprint density at radius 2 is 1.69 bits per heavy atom. The quantitative estimate of drug-likeness (QED) is 0.367. The molecule has 1 aromatic heterocycles. The molecule has 4 nitrogen and oxygen atoms in total. The summed E-state index contributed by atoms with van der Waals surface area (Å²) in [6.45, 7) is 0. The molecule has 0 radical (unpaired) electrons. The molecule has 0 amide bonds. The van der Waals surface area contributed by atoms with Crippen molar-refractivity contribution in [1.82, 2.24) is 4.57 Å². The maximum atomic E-state index is 13.3. The van der Waals surface area contributed by atoms with Crippen LogP contribution < -0.4 is 5.56 Å². The number of halogens is 4. The van der Waals surface area contributed by atoms with Crippen molar-refractivity contribution in [3.8, 4) is 5.69 Å². The van der Waals surface area contributed by atoms with Gasteiger partial charge >= 0.3 is 0 Å². The number of benzene rings is 2. The lowest BCUT2D eigenvalue weighted by molar-refractivity contribution is 0.319. The summed E-state index contributed by atoms with van der Waals surface area (Å²) in [5.74, 6) is -0.524. The number of rotatable bonds is 3. The molecule has 0 atom stereocenters. The minimum Gasteiger partial charge on any atom is -0.410 e. The summed E-state index contributed by atoms with van der Waals surface area (Å²) in [6, 6.07) is 11.2. The van der Waals surface area contributed by atoms with E-state index in [9.17, 15) is 14.4 Å². The van der Waals surface area contributed by atoms with E-state index in [1.165, 1.54) is 35.0 Å². The number of aromatic nitrogens is 1. The smallest absolute Gasteiger partial charge is 0.255 e. The summed E-state index contributed by atoms with van der Waals surface area (Å²) in [5.41, 5.74) is 0.631. The molecule has 0 aliphatic rings. The fraction of sp³-hybridized carbons (Fsp3) is 0. The van der Waals surface area contributed by atoms with Crippen LogP contribution in [0.5, 0.6) is 0 Å². The van der Waals surface area contributed by atoms with Gasteiger partial charge in [0.05, 0.1) is 20.8 Å². The molecule has 1 heterocycles. The molecule has 0 saturated heterocycles. The monoisotopic (exact) mass is 410 g/mol. The Morgan fingerprint density at radius 3 is 2.31 bits per heavy atom. The van der Waals surface area contributed by atoms with E-state index in [1.807, 2.05) is 0 Å². The normalized spacial score (nSPS) is 11.6. The van der Waals surface area contributed by atoms with Gasteiger partial charge in [-0.3, -0.25) is 9.36 Å². The fourth-order valence-corrected chi connectivity index (χ4v) is 3.31. The summed E-state index contributed by atoms with van der Waals surface area (Å²) in [6.07, 6.45) is 1.42. The third-order valence-electron chi connectivity index (χ3n) is 3.65. The molecule has 0 bridgehead atoms. The molecule has 3 aromatic rings. The number of nitrogens with zero attached hydrogens (tertiary/aromatic N) is 2. The highest BCUT2D eigenvalue weighted by molar-refractivity contribution is 6.38. The highest BCUT2D eigenvalue weighted by atomic mass is 35.5. The molecule has 0 saturated carbocycles. The second kappa shape index (κ2) is 7.50. The molecule has 0 aliphatic heterocycles. The van der Waals surface area contributed by atoms with Gasteiger partial charge in [0.25, 0.3) is 5.56 Å². The van der Waals surface area contributed by atoms with E-state index < -0.39 is 5.82 Å². The predicted octanol–water partition coefficient (Wildman–Crippen LogP) is 5.16. The first-order valence-corrected chi connectivity index (χ1v) is 8.40. The number of pyridine rings is 1. The third-order valence-corrected chi connectivity index (χ3v) is 4.57. The molecule has 1 N–H and O–H groups in total. The van der Waals surface area contributed by atoms with E-state index >= 15 is 0 Å². The van der Waals surface area contributed by atoms with E-state index in [0.29, 0.717) is 16.8 Å². The van der Waals surface area contributed by atoms with Crippen molar-refractivity contribution in [3.05, 3.63) is 97.1 Å². The lowest BCUT2D eigenvalue weighted by Gasteiger charge is -2.13. The fourth-order valence-electron chi connectivity index (χ4n) is 2.47. The Kier molecular flexibility index (Phi) is 5.32. The first-order valence-electron chi connectivity index (χ1n) is 7.27. The van der Waals surface area contributed by atoms with Crippen molar-refractivity contribution in [3.63, 3.8) is 0 Å². The molecule has 0 fully saturated rings. The van der Waals surface area contributed by atoms with Crippen molar-refractivity contribution >= 4 is 40.5 Å². The van der Waals surface area contributed by atoms with Gasteiger partial charge in [-0.2, -0.15) is 0 Å². The Balaban J connectivity index is 2.20. The van der Waals surface area contributed by atoms with Crippen LogP contribution in [-0.2, 0) is 0 Å². The van der Waals surface area contributed by atoms with Crippen molar-refractivity contribution < 1.29 is 9.60 Å². The van der Waals surface area contributed by atoms with Gasteiger partial charge in [-0.05, 0) is 36.4 Å². The summed E-state index contributed by atoms with van der Waals surface area (Å²) < 4.78 is 14.5. The van der Waals surface area contributed by atoms with Crippen LogP contribution in [-0.4, -0.2) is 15.5 Å². The minimum absolute atomic E-state index is 0.0614. The molecular weight excluding hydrogens is 402 g/mol. The summed E-state index contributed by atoms with van der Waals surface area (Å²) in [4.78, 5) is 12.3. The van der Waals surface area contributed by atoms with Crippen LogP contribution in [0.25, 0.3) is 5.69 Å². The maximum absolute atomic E-state index is 13.3. The van der Waals surface area contributed by atoms with Crippen LogP contribution >= 0.6 is 34.8 Å². The second-order valence-electron chi connectivity index (χ2n) is 5.27. The first kappa shape index (κ1) is 18.5. The van der Waals surface area contributed by atoms with Crippen molar-refractivity contribution in [1.29, 1.82) is 0 Å². The Labute approximate surface area is 162 Å². The zero-order valence-corrected chi connectivity index (χ0v) is 15.2. The number of hydrogen-bond donors (Lipinski definition) is 1. The number of para-hydroxylation sites is 1. The molecule has 132 valence electrons. The number of hydrogen-bond acceptors (Lipinski definition) is 3. The molecule has 8 heteroatoms. The lowest BCUT2D eigenvalue weighted by atomic mass is 10.0. The van der Waals surface area contributed by atoms with Crippen molar-refractivity contribution in [2.75, 3.05) is 0 Å². The highest BCUT2D eigenvalue weighted by Gasteiger charge is 2.16. The van der Waals surface area contributed by atoms with Gasteiger partial charge in [0.1, 0.15) is 11.5 Å². The SMILES string of the molecule is O=c1ccc(C(=NO)c2ccc(F)cc2Cl)cn1-c1c(Cl)cccc1Cl. The molecule has 3 rings (SSSR count). The predicted molar refractivity (Wildman–Crippen MR) is 101 cm³/mol. The molecular formula is C18H10Cl3FN2O2. The van der Waals surface area contributed by atoms with E-state index in [1.54, 1.807) is 18.2 Å². The average Bonchev–Trinajstić information content (AvgIpc) is 2.59. The van der Waals surface area contributed by atoms with E-state index in [4.69, 9.17) is 34.8 Å². The summed E-state index contributed by atoms with van der Waals surface area (Å²) >= 11 is 18.4. The molecule has 0 spiro atoms. The third kappa shape index (κ3) is 3.46. The van der Waals surface area contributed by atoms with Crippen LogP contribution in [0.2, 0.25) is 15.1 Å². The average molecular weight is 412 g/mol. The molecule has 0 unspecified atom stereocenters. The van der Waals surface area contributed by atoms with Gasteiger partial charge in [-0.15, -0.1) is 0 Å². The zero-order chi connectivity index (χ0) is 18.8. The topological polar surface area (TPSA) is 54.6 Å². The van der Waals surface area contributed by atoms with Gasteiger partial charge in [0.15, 0.2) is 0 Å². The lowest BCUT2D eigenvalue weighted by Crippen LogP contribution is -2.19. The van der Waals surface area contributed by atoms with E-state index in [-0.39, 0.29) is 26.3 Å². The summed E-state index contributed by atoms with van der Waals surface area (Å²) in [5, 5.41) is 13.3. The van der Waals surface area contributed by atoms with E-state index in [2.05, 4.69) is 5.16 Å². The van der Waals surface area contributed by atoms with Gasteiger partial charge < -0.3 is 5.21 Å². The van der Waals surface area contributed by atoms with Crippen molar-refractivity contribution in [2.24, 2.45) is 5.16 Å². The molecule has 2 aromatic carbocycles. The van der Waals surface area contributed by atoms with Gasteiger partial charge in [-0.1, -0.05) is 46.0 Å². The second-order valence-corrected chi connectivity index (χ2v) is 6.49. The Hall–Kier alpha value is -2.34. The van der Waals surface area contributed by atoms with Gasteiger partial charge in [0, 0.05) is 23.4 Å². The van der Waals surface area contributed by atoms with Crippen LogP contribution in [0, 0.1) is 5.82 Å². The first-order chi connectivity index (χ1) is 12.4. The largest absolute Gasteiger partial charge is 0.410 e. The maximum Gasteiger partial charge on any atom is 0.255 e. The van der Waals surface area contributed by atoms with Crippen LogP contribution in [0.1, 0.15) is 11.1 Å². The Morgan fingerprint density at radius 1 is 1.00 bits per heavy atom. The van der Waals surface area contributed by atoms with Gasteiger partial charge in [0.2, 0.25) is 0 Å². The Bertz CT molecular complexity index is 1060. The zero-order valence-electron chi connectivity index (χ0n) is 13.0. The summed E-state index contributed by atoms with van der Waals surface area (Å²) in [7, 11) is 0. The molecule has 0 aliphatic carbocycles. The van der Waals surface area contributed by atoms with Crippen LogP contribution in [0.4, 0.5) is 4.39 Å². The van der Waals surface area contributed by atoms with Gasteiger partial charge in [-0.25, -0.2) is 4.39 Å².